The third-order valence-corrected chi connectivity index (χ3v) is 7.77. The van der Waals surface area contributed by atoms with E-state index in [1.807, 2.05) is 6.92 Å². The number of nitrogens with zero attached hydrogens (tertiary/aromatic N) is 3. The molecule has 146 valence electrons. The lowest BCUT2D eigenvalue weighted by Crippen LogP contribution is -2.38. The summed E-state index contributed by atoms with van der Waals surface area (Å²) < 4.78 is 27.9. The van der Waals surface area contributed by atoms with Crippen molar-refractivity contribution in [1.82, 2.24) is 14.5 Å². The van der Waals surface area contributed by atoms with Crippen LogP contribution in [-0.4, -0.2) is 41.9 Å². The Morgan fingerprint density at radius 2 is 1.85 bits per heavy atom. The first-order valence-corrected chi connectivity index (χ1v) is 11.2. The number of aromatic nitrogens is 2. The number of nitrogens with one attached hydrogen (secondary N) is 1. The van der Waals surface area contributed by atoms with Crippen molar-refractivity contribution in [3.05, 3.63) is 33.8 Å². The van der Waals surface area contributed by atoms with E-state index in [0.29, 0.717) is 35.3 Å². The fraction of sp³-hybridized carbons (Fsp3) is 0.500. The number of rotatable bonds is 4. The molecule has 0 unspecified atom stereocenters. The van der Waals surface area contributed by atoms with Gasteiger partial charge in [-0.2, -0.15) is 4.31 Å². The molecule has 1 aromatic carbocycles. The highest BCUT2D eigenvalue weighted by atomic mass is 32.2. The first-order chi connectivity index (χ1) is 12.7. The van der Waals surface area contributed by atoms with Crippen LogP contribution >= 0.6 is 11.3 Å². The zero-order valence-electron chi connectivity index (χ0n) is 15.9. The lowest BCUT2D eigenvalue weighted by molar-refractivity contribution is 0.102. The minimum Gasteiger partial charge on any atom is -0.296 e. The molecule has 1 aromatic heterocycles. The van der Waals surface area contributed by atoms with E-state index in [4.69, 9.17) is 0 Å². The molecule has 0 radical (unpaired) electrons. The standard InChI is InChI=1S/C18H24N4O3S2/c1-11-5-7-22(8-6-11)27(24,25)16-10-15(9-12(2)13(16)3)17(23)19-18-21-20-14(4)26-18/h9-11H,5-8H2,1-4H3,(H,19,21,23). The van der Waals surface area contributed by atoms with E-state index in [-0.39, 0.29) is 4.90 Å². The predicted molar refractivity (Wildman–Crippen MR) is 106 cm³/mol. The van der Waals surface area contributed by atoms with Gasteiger partial charge in [-0.15, -0.1) is 10.2 Å². The number of piperidine rings is 1. The number of benzene rings is 1. The van der Waals surface area contributed by atoms with Gasteiger partial charge in [0.2, 0.25) is 15.2 Å². The van der Waals surface area contributed by atoms with Crippen LogP contribution in [0.15, 0.2) is 17.0 Å². The zero-order chi connectivity index (χ0) is 19.8. The number of aryl methyl sites for hydroxylation is 2. The van der Waals surface area contributed by atoms with Crippen molar-refractivity contribution in [3.8, 4) is 0 Å². The molecule has 1 fully saturated rings. The number of carbonyl (C=O) groups excluding carboxylic acids is 1. The summed E-state index contributed by atoms with van der Waals surface area (Å²) in [6.07, 6.45) is 1.71. The molecule has 0 saturated carbocycles. The minimum atomic E-state index is -3.64. The van der Waals surface area contributed by atoms with Gasteiger partial charge < -0.3 is 0 Å². The van der Waals surface area contributed by atoms with Gasteiger partial charge in [0.05, 0.1) is 4.90 Å². The second kappa shape index (κ2) is 7.65. The molecule has 0 bridgehead atoms. The van der Waals surface area contributed by atoms with Crippen molar-refractivity contribution in [1.29, 1.82) is 0 Å². The molecule has 1 aliphatic rings. The van der Waals surface area contributed by atoms with E-state index in [0.717, 1.165) is 23.4 Å². The molecule has 27 heavy (non-hydrogen) atoms. The molecule has 0 aliphatic carbocycles. The van der Waals surface area contributed by atoms with Crippen molar-refractivity contribution < 1.29 is 13.2 Å². The Balaban J connectivity index is 1.93. The second-order valence-corrected chi connectivity index (χ2v) is 10.2. The molecule has 1 amide bonds. The topological polar surface area (TPSA) is 92.3 Å². The maximum atomic E-state index is 13.2. The van der Waals surface area contributed by atoms with Gasteiger partial charge in [0.1, 0.15) is 5.01 Å². The zero-order valence-corrected chi connectivity index (χ0v) is 17.6. The summed E-state index contributed by atoms with van der Waals surface area (Å²) in [4.78, 5) is 12.8. The fourth-order valence-electron chi connectivity index (χ4n) is 3.11. The number of hydrogen-bond donors (Lipinski definition) is 1. The highest BCUT2D eigenvalue weighted by Gasteiger charge is 2.30. The summed E-state index contributed by atoms with van der Waals surface area (Å²) in [7, 11) is -3.64. The molecule has 7 nitrogen and oxygen atoms in total. The highest BCUT2D eigenvalue weighted by Crippen LogP contribution is 2.28. The van der Waals surface area contributed by atoms with Crippen LogP contribution in [0.2, 0.25) is 0 Å². The largest absolute Gasteiger partial charge is 0.296 e. The van der Waals surface area contributed by atoms with Gasteiger partial charge in [-0.1, -0.05) is 18.3 Å². The van der Waals surface area contributed by atoms with Gasteiger partial charge in [0, 0.05) is 18.7 Å². The summed E-state index contributed by atoms with van der Waals surface area (Å²) in [5, 5.41) is 11.6. The smallest absolute Gasteiger partial charge is 0.257 e. The van der Waals surface area contributed by atoms with Crippen LogP contribution in [0.25, 0.3) is 0 Å². The van der Waals surface area contributed by atoms with Gasteiger partial charge in [-0.3, -0.25) is 10.1 Å². The lowest BCUT2D eigenvalue weighted by atomic mass is 10.0. The Bertz CT molecular complexity index is 961. The van der Waals surface area contributed by atoms with Crippen molar-refractivity contribution in [2.45, 2.75) is 45.4 Å². The van der Waals surface area contributed by atoms with Crippen molar-refractivity contribution in [2.24, 2.45) is 5.92 Å². The quantitative estimate of drug-likeness (QED) is 0.839. The SMILES string of the molecule is Cc1nnc(NC(=O)c2cc(C)c(C)c(S(=O)(=O)N3CCC(C)CC3)c2)s1. The number of sulfonamides is 1. The summed E-state index contributed by atoms with van der Waals surface area (Å²) in [5.41, 5.74) is 1.74. The average molecular weight is 409 g/mol. The molecule has 1 saturated heterocycles. The monoisotopic (exact) mass is 408 g/mol. The normalized spacial score (nSPS) is 16.4. The maximum Gasteiger partial charge on any atom is 0.257 e. The van der Waals surface area contributed by atoms with E-state index >= 15 is 0 Å². The lowest BCUT2D eigenvalue weighted by Gasteiger charge is -2.30. The van der Waals surface area contributed by atoms with Crippen LogP contribution in [-0.2, 0) is 10.0 Å². The van der Waals surface area contributed by atoms with Crippen molar-refractivity contribution in [2.75, 3.05) is 18.4 Å². The first kappa shape index (κ1) is 19.9. The maximum absolute atomic E-state index is 13.2. The molecule has 2 heterocycles. The Hall–Kier alpha value is -1.84. The van der Waals surface area contributed by atoms with E-state index < -0.39 is 15.9 Å². The Labute approximate surface area is 163 Å². The van der Waals surface area contributed by atoms with Crippen LogP contribution < -0.4 is 5.32 Å². The van der Waals surface area contributed by atoms with Crippen LogP contribution in [0.4, 0.5) is 5.13 Å². The molecular formula is C18H24N4O3S2. The number of hydrogen-bond acceptors (Lipinski definition) is 6. The number of anilines is 1. The van der Waals surface area contributed by atoms with Crippen LogP contribution in [0.3, 0.4) is 0 Å². The molecule has 9 heteroatoms. The molecule has 0 atom stereocenters. The Kier molecular flexibility index (Phi) is 5.64. The number of amides is 1. The van der Waals surface area contributed by atoms with E-state index in [1.54, 1.807) is 19.9 Å². The summed E-state index contributed by atoms with van der Waals surface area (Å²) >= 11 is 1.27. The molecule has 1 aliphatic heterocycles. The predicted octanol–water partition coefficient (Wildman–Crippen LogP) is 3.14. The summed E-state index contributed by atoms with van der Waals surface area (Å²) in [5.74, 6) is 0.143. The second-order valence-electron chi connectivity index (χ2n) is 7.08. The first-order valence-electron chi connectivity index (χ1n) is 8.91. The Morgan fingerprint density at radius 3 is 2.44 bits per heavy atom. The summed E-state index contributed by atoms with van der Waals surface area (Å²) in [6.45, 7) is 8.57. The molecule has 2 aromatic rings. The van der Waals surface area contributed by atoms with Gasteiger partial charge in [-0.05, 0) is 62.8 Å². The summed E-state index contributed by atoms with van der Waals surface area (Å²) in [6, 6.07) is 3.18. The minimum absolute atomic E-state index is 0.204. The van der Waals surface area contributed by atoms with Crippen molar-refractivity contribution >= 4 is 32.4 Å². The van der Waals surface area contributed by atoms with Gasteiger partial charge in [-0.25, -0.2) is 8.42 Å². The molecule has 1 N–H and O–H groups in total. The fourth-order valence-corrected chi connectivity index (χ4v) is 5.49. The Morgan fingerprint density at radius 1 is 1.19 bits per heavy atom. The third kappa shape index (κ3) is 4.20. The van der Waals surface area contributed by atoms with Crippen LogP contribution in [0, 0.1) is 26.7 Å². The van der Waals surface area contributed by atoms with E-state index in [2.05, 4.69) is 22.4 Å². The molecular weight excluding hydrogens is 384 g/mol. The van der Waals surface area contributed by atoms with Crippen LogP contribution in [0.5, 0.6) is 0 Å². The third-order valence-electron chi connectivity index (χ3n) is 4.99. The highest BCUT2D eigenvalue weighted by molar-refractivity contribution is 7.89. The average Bonchev–Trinajstić information content (AvgIpc) is 3.02. The van der Waals surface area contributed by atoms with Crippen LogP contribution in [0.1, 0.15) is 46.3 Å². The van der Waals surface area contributed by atoms with Gasteiger partial charge in [0.15, 0.2) is 0 Å². The number of carbonyl (C=O) groups is 1. The van der Waals surface area contributed by atoms with Gasteiger partial charge >= 0.3 is 0 Å². The van der Waals surface area contributed by atoms with Gasteiger partial charge in [0.25, 0.3) is 5.91 Å². The molecule has 0 spiro atoms. The van der Waals surface area contributed by atoms with E-state index in [1.165, 1.54) is 21.7 Å². The molecule has 3 rings (SSSR count). The van der Waals surface area contributed by atoms with Crippen molar-refractivity contribution in [3.63, 3.8) is 0 Å². The van der Waals surface area contributed by atoms with E-state index in [9.17, 15) is 13.2 Å².